The summed E-state index contributed by atoms with van der Waals surface area (Å²) < 4.78 is 0. The van der Waals surface area contributed by atoms with E-state index in [2.05, 4.69) is 0 Å². The molecule has 3 aliphatic carbocycles. The Morgan fingerprint density at radius 3 is 2.91 bits per heavy atom. The van der Waals surface area contributed by atoms with E-state index in [0.29, 0.717) is 5.54 Å². The van der Waals surface area contributed by atoms with Gasteiger partial charge in [-0.3, -0.25) is 0 Å². The summed E-state index contributed by atoms with van der Waals surface area (Å²) >= 11 is 0. The van der Waals surface area contributed by atoms with Crippen molar-refractivity contribution in [2.75, 3.05) is 0 Å². The first-order chi connectivity index (χ1) is 5.31. The van der Waals surface area contributed by atoms with Gasteiger partial charge in [0.15, 0.2) is 0 Å². The zero-order valence-corrected chi connectivity index (χ0v) is 7.05. The first-order valence-corrected chi connectivity index (χ1v) is 5.09. The van der Waals surface area contributed by atoms with Gasteiger partial charge in [-0.05, 0) is 49.9 Å². The fourth-order valence-electron chi connectivity index (χ4n) is 4.13. The smallest absolute Gasteiger partial charge is 0.0214 e. The molecule has 3 saturated carbocycles. The minimum absolute atomic E-state index is 0.322. The molecule has 11 heavy (non-hydrogen) atoms. The molecule has 0 aromatic carbocycles. The summed E-state index contributed by atoms with van der Waals surface area (Å²) in [5.74, 6) is 2.88. The van der Waals surface area contributed by atoms with E-state index in [1.54, 1.807) is 0 Å². The van der Waals surface area contributed by atoms with Crippen LogP contribution in [-0.2, 0) is 0 Å². The molecule has 1 nitrogen and oxygen atoms in total. The topological polar surface area (TPSA) is 26.0 Å². The van der Waals surface area contributed by atoms with Gasteiger partial charge in [0, 0.05) is 5.54 Å². The van der Waals surface area contributed by atoms with Gasteiger partial charge >= 0.3 is 0 Å². The van der Waals surface area contributed by atoms with Crippen LogP contribution in [0.3, 0.4) is 0 Å². The molecule has 0 aromatic rings. The molecule has 0 unspecified atom stereocenters. The van der Waals surface area contributed by atoms with Crippen LogP contribution in [0.2, 0.25) is 0 Å². The number of hydrogen-bond acceptors (Lipinski definition) is 1. The fraction of sp³-hybridized carbons (Fsp3) is 1.00. The number of fused-ring (bicyclic) bond motifs is 5. The van der Waals surface area contributed by atoms with Crippen LogP contribution in [0, 0.1) is 17.8 Å². The van der Waals surface area contributed by atoms with Crippen molar-refractivity contribution < 1.29 is 0 Å². The molecule has 0 amide bonds. The predicted octanol–water partition coefficient (Wildman–Crippen LogP) is 1.91. The zero-order valence-electron chi connectivity index (χ0n) is 7.05. The second-order valence-corrected chi connectivity index (χ2v) is 4.88. The summed E-state index contributed by atoms with van der Waals surface area (Å²) in [5.41, 5.74) is 6.77. The highest BCUT2D eigenvalue weighted by Gasteiger charge is 2.57. The van der Waals surface area contributed by atoms with Gasteiger partial charge in [0.1, 0.15) is 0 Å². The van der Waals surface area contributed by atoms with Crippen LogP contribution in [0.15, 0.2) is 0 Å². The van der Waals surface area contributed by atoms with Gasteiger partial charge in [-0.15, -0.1) is 0 Å². The van der Waals surface area contributed by atoms with Gasteiger partial charge in [0.05, 0.1) is 0 Å². The molecular formula is C10H17N. The van der Waals surface area contributed by atoms with Gasteiger partial charge in [-0.2, -0.15) is 0 Å². The molecule has 2 N–H and O–H groups in total. The van der Waals surface area contributed by atoms with E-state index in [1.165, 1.54) is 38.5 Å². The molecule has 0 aromatic heterocycles. The highest BCUT2D eigenvalue weighted by atomic mass is 14.9. The van der Waals surface area contributed by atoms with Crippen molar-refractivity contribution in [1.29, 1.82) is 0 Å². The third kappa shape index (κ3) is 0.618. The Bertz CT molecular complexity index is 189. The van der Waals surface area contributed by atoms with Crippen LogP contribution < -0.4 is 5.73 Å². The third-order valence-corrected chi connectivity index (χ3v) is 4.62. The first kappa shape index (κ1) is 6.47. The van der Waals surface area contributed by atoms with Crippen molar-refractivity contribution in [3.05, 3.63) is 0 Å². The van der Waals surface area contributed by atoms with E-state index >= 15 is 0 Å². The highest BCUT2D eigenvalue weighted by molar-refractivity contribution is 5.12. The lowest BCUT2D eigenvalue weighted by Gasteiger charge is -2.35. The normalized spacial score (nSPS) is 60.3. The average Bonchev–Trinajstić information content (AvgIpc) is 2.54. The molecule has 62 valence electrons. The van der Waals surface area contributed by atoms with E-state index in [4.69, 9.17) is 5.73 Å². The second-order valence-electron chi connectivity index (χ2n) is 4.88. The van der Waals surface area contributed by atoms with Crippen molar-refractivity contribution in [1.82, 2.24) is 0 Å². The largest absolute Gasteiger partial charge is 0.325 e. The number of nitrogens with two attached hydrogens (primary N) is 1. The first-order valence-electron chi connectivity index (χ1n) is 5.09. The third-order valence-electron chi connectivity index (χ3n) is 4.62. The molecule has 1 heteroatoms. The van der Waals surface area contributed by atoms with Crippen LogP contribution in [0.5, 0.6) is 0 Å². The molecule has 2 bridgehead atoms. The quantitative estimate of drug-likeness (QED) is 0.562. The summed E-state index contributed by atoms with van der Waals surface area (Å²) in [7, 11) is 0. The van der Waals surface area contributed by atoms with Gasteiger partial charge in [-0.1, -0.05) is 6.42 Å². The summed E-state index contributed by atoms with van der Waals surface area (Å²) in [4.78, 5) is 0. The van der Waals surface area contributed by atoms with Gasteiger partial charge in [0.25, 0.3) is 0 Å². The molecule has 0 heterocycles. The SMILES string of the molecule is N[C@@]12CCC[C@H]1[C@H]1CC[C@H]2C1. The van der Waals surface area contributed by atoms with Crippen molar-refractivity contribution >= 4 is 0 Å². The predicted molar refractivity (Wildman–Crippen MR) is 45.1 cm³/mol. The van der Waals surface area contributed by atoms with E-state index in [-0.39, 0.29) is 0 Å². The fourth-order valence-corrected chi connectivity index (χ4v) is 4.13. The zero-order chi connectivity index (χ0) is 7.47. The number of rotatable bonds is 0. The Morgan fingerprint density at radius 1 is 1.18 bits per heavy atom. The minimum atomic E-state index is 0.322. The summed E-state index contributed by atoms with van der Waals surface area (Å²) in [6, 6.07) is 0. The van der Waals surface area contributed by atoms with Gasteiger partial charge in [-0.25, -0.2) is 0 Å². The average molecular weight is 151 g/mol. The van der Waals surface area contributed by atoms with E-state index in [0.717, 1.165) is 17.8 Å². The molecule has 0 aliphatic heterocycles. The van der Waals surface area contributed by atoms with Gasteiger partial charge < -0.3 is 5.73 Å². The highest BCUT2D eigenvalue weighted by Crippen LogP contribution is 2.59. The van der Waals surface area contributed by atoms with E-state index in [1.807, 2.05) is 0 Å². The van der Waals surface area contributed by atoms with Crippen LogP contribution in [0.1, 0.15) is 38.5 Å². The standard InChI is InChI=1S/C10H17N/c11-10-5-1-2-9(10)7-3-4-8(10)6-7/h7-9H,1-6,11H2/t7-,8-,9-,10+/m0/s1. The molecule has 0 radical (unpaired) electrons. The Labute approximate surface area is 68.3 Å². The maximum Gasteiger partial charge on any atom is 0.0214 e. The van der Waals surface area contributed by atoms with Crippen LogP contribution in [0.25, 0.3) is 0 Å². The van der Waals surface area contributed by atoms with E-state index < -0.39 is 0 Å². The second kappa shape index (κ2) is 1.82. The summed E-state index contributed by atoms with van der Waals surface area (Å²) in [5, 5.41) is 0. The molecule has 4 atom stereocenters. The van der Waals surface area contributed by atoms with Crippen LogP contribution in [-0.4, -0.2) is 5.54 Å². The van der Waals surface area contributed by atoms with Crippen LogP contribution >= 0.6 is 0 Å². The lowest BCUT2D eigenvalue weighted by Crippen LogP contribution is -2.47. The molecule has 0 spiro atoms. The maximum atomic E-state index is 6.45. The van der Waals surface area contributed by atoms with Crippen LogP contribution in [0.4, 0.5) is 0 Å². The van der Waals surface area contributed by atoms with Crippen molar-refractivity contribution in [2.24, 2.45) is 23.5 Å². The van der Waals surface area contributed by atoms with E-state index in [9.17, 15) is 0 Å². The minimum Gasteiger partial charge on any atom is -0.325 e. The Kier molecular flexibility index (Phi) is 1.07. The van der Waals surface area contributed by atoms with Crippen molar-refractivity contribution in [2.45, 2.75) is 44.1 Å². The lowest BCUT2D eigenvalue weighted by atomic mass is 9.76. The molecule has 3 rings (SSSR count). The Hall–Kier alpha value is -0.0400. The Morgan fingerprint density at radius 2 is 2.09 bits per heavy atom. The molecule has 0 saturated heterocycles. The van der Waals surface area contributed by atoms with Crippen molar-refractivity contribution in [3.63, 3.8) is 0 Å². The monoisotopic (exact) mass is 151 g/mol. The molecule has 3 fully saturated rings. The molecule has 3 aliphatic rings. The summed E-state index contributed by atoms with van der Waals surface area (Å²) in [6.07, 6.45) is 8.60. The summed E-state index contributed by atoms with van der Waals surface area (Å²) in [6.45, 7) is 0. The lowest BCUT2D eigenvalue weighted by molar-refractivity contribution is 0.210. The van der Waals surface area contributed by atoms with Gasteiger partial charge in [0.2, 0.25) is 0 Å². The number of hydrogen-bond donors (Lipinski definition) is 1. The maximum absolute atomic E-state index is 6.45. The molecular weight excluding hydrogens is 134 g/mol. The van der Waals surface area contributed by atoms with Crippen molar-refractivity contribution in [3.8, 4) is 0 Å². The Balaban J connectivity index is 2.00.